The molecule has 0 saturated carbocycles. The highest BCUT2D eigenvalue weighted by Crippen LogP contribution is 2.28. The lowest BCUT2D eigenvalue weighted by molar-refractivity contribution is 0.474. The minimum Gasteiger partial charge on any atom is -0.375 e. The first-order valence-corrected chi connectivity index (χ1v) is 7.62. The highest BCUT2D eigenvalue weighted by molar-refractivity contribution is 5.87. The van der Waals surface area contributed by atoms with E-state index in [1.807, 2.05) is 7.05 Å². The lowest BCUT2D eigenvalue weighted by atomic mass is 10.1. The van der Waals surface area contributed by atoms with Crippen molar-refractivity contribution in [1.29, 1.82) is 0 Å². The fourth-order valence-electron chi connectivity index (χ4n) is 2.88. The van der Waals surface area contributed by atoms with Gasteiger partial charge in [0.25, 0.3) is 0 Å². The van der Waals surface area contributed by atoms with Crippen LogP contribution in [0.1, 0.15) is 6.42 Å². The van der Waals surface area contributed by atoms with Crippen molar-refractivity contribution in [3.63, 3.8) is 0 Å². The Morgan fingerprint density at radius 3 is 2.45 bits per heavy atom. The van der Waals surface area contributed by atoms with Crippen molar-refractivity contribution in [2.24, 2.45) is 7.05 Å². The first-order chi connectivity index (χ1) is 10.7. The largest absolute Gasteiger partial charge is 0.375 e. The van der Waals surface area contributed by atoms with Crippen molar-refractivity contribution in [2.45, 2.75) is 6.42 Å². The number of aromatic nitrogens is 1. The Labute approximate surface area is 130 Å². The molecule has 1 aromatic heterocycles. The summed E-state index contributed by atoms with van der Waals surface area (Å²) >= 11 is 0. The van der Waals surface area contributed by atoms with Gasteiger partial charge in [-0.1, -0.05) is 30.3 Å². The summed E-state index contributed by atoms with van der Waals surface area (Å²) in [5.41, 5.74) is 4.76. The number of para-hydroxylation sites is 1. The SMILES string of the molecule is CN(CCCF)c1ccc(-c2cc3ccccc3n2C)cc1. The van der Waals surface area contributed by atoms with Gasteiger partial charge in [0.05, 0.1) is 6.67 Å². The first kappa shape index (κ1) is 14.6. The van der Waals surface area contributed by atoms with E-state index in [9.17, 15) is 4.39 Å². The number of hydrogen-bond donors (Lipinski definition) is 0. The van der Waals surface area contributed by atoms with Gasteiger partial charge in [-0.05, 0) is 36.2 Å². The normalized spacial score (nSPS) is 11.0. The monoisotopic (exact) mass is 296 g/mol. The molecule has 0 fully saturated rings. The number of anilines is 1. The number of halogens is 1. The van der Waals surface area contributed by atoms with Crippen LogP contribution in [0.3, 0.4) is 0 Å². The third-order valence-electron chi connectivity index (χ3n) is 4.18. The van der Waals surface area contributed by atoms with Crippen molar-refractivity contribution in [1.82, 2.24) is 4.57 Å². The van der Waals surface area contributed by atoms with E-state index in [0.29, 0.717) is 6.42 Å². The van der Waals surface area contributed by atoms with Gasteiger partial charge in [0.2, 0.25) is 0 Å². The zero-order chi connectivity index (χ0) is 15.5. The molecular weight excluding hydrogens is 275 g/mol. The van der Waals surface area contributed by atoms with Crippen molar-refractivity contribution < 1.29 is 4.39 Å². The molecule has 114 valence electrons. The predicted octanol–water partition coefficient (Wildman–Crippen LogP) is 4.64. The van der Waals surface area contributed by atoms with Crippen LogP contribution in [0.25, 0.3) is 22.2 Å². The Bertz CT molecular complexity index is 759. The molecule has 0 bridgehead atoms. The maximum atomic E-state index is 12.3. The van der Waals surface area contributed by atoms with Crippen LogP contribution in [-0.4, -0.2) is 24.8 Å². The molecule has 0 saturated heterocycles. The molecule has 2 nitrogen and oxygen atoms in total. The van der Waals surface area contributed by atoms with Gasteiger partial charge in [-0.25, -0.2) is 0 Å². The second kappa shape index (κ2) is 6.22. The molecule has 2 aromatic carbocycles. The van der Waals surface area contributed by atoms with Gasteiger partial charge in [-0.2, -0.15) is 0 Å². The van der Waals surface area contributed by atoms with Crippen LogP contribution in [0.15, 0.2) is 54.6 Å². The van der Waals surface area contributed by atoms with Gasteiger partial charge < -0.3 is 9.47 Å². The Hall–Kier alpha value is -2.29. The quantitative estimate of drug-likeness (QED) is 0.666. The zero-order valence-electron chi connectivity index (χ0n) is 13.1. The van der Waals surface area contributed by atoms with Gasteiger partial charge in [-0.3, -0.25) is 4.39 Å². The van der Waals surface area contributed by atoms with Crippen molar-refractivity contribution >= 4 is 16.6 Å². The Morgan fingerprint density at radius 1 is 1.05 bits per heavy atom. The van der Waals surface area contributed by atoms with Gasteiger partial charge in [0.15, 0.2) is 0 Å². The molecule has 0 aliphatic heterocycles. The van der Waals surface area contributed by atoms with Crippen molar-refractivity contribution in [3.8, 4) is 11.3 Å². The minimum absolute atomic E-state index is 0.266. The summed E-state index contributed by atoms with van der Waals surface area (Å²) in [7, 11) is 4.10. The second-order valence-electron chi connectivity index (χ2n) is 5.66. The van der Waals surface area contributed by atoms with Gasteiger partial charge >= 0.3 is 0 Å². The molecule has 0 N–H and O–H groups in total. The summed E-state index contributed by atoms with van der Waals surface area (Å²) in [5.74, 6) is 0. The maximum Gasteiger partial charge on any atom is 0.0911 e. The van der Waals surface area contributed by atoms with Crippen LogP contribution in [0, 0.1) is 0 Å². The summed E-state index contributed by atoms with van der Waals surface area (Å²) in [6, 6.07) is 19.1. The maximum absolute atomic E-state index is 12.3. The van der Waals surface area contributed by atoms with Crippen molar-refractivity contribution in [2.75, 3.05) is 25.2 Å². The molecule has 0 aliphatic rings. The highest BCUT2D eigenvalue weighted by Gasteiger charge is 2.08. The van der Waals surface area contributed by atoms with Crippen LogP contribution >= 0.6 is 0 Å². The van der Waals surface area contributed by atoms with E-state index in [2.05, 4.69) is 71.1 Å². The zero-order valence-corrected chi connectivity index (χ0v) is 13.1. The number of fused-ring (bicyclic) bond motifs is 1. The topological polar surface area (TPSA) is 8.17 Å². The molecule has 0 spiro atoms. The third kappa shape index (κ3) is 2.71. The molecule has 0 atom stereocenters. The van der Waals surface area contributed by atoms with E-state index in [-0.39, 0.29) is 6.67 Å². The number of benzene rings is 2. The second-order valence-corrected chi connectivity index (χ2v) is 5.66. The Kier molecular flexibility index (Phi) is 4.14. The van der Waals surface area contributed by atoms with Crippen molar-refractivity contribution in [3.05, 3.63) is 54.6 Å². The van der Waals surface area contributed by atoms with E-state index in [4.69, 9.17) is 0 Å². The third-order valence-corrected chi connectivity index (χ3v) is 4.18. The fourth-order valence-corrected chi connectivity index (χ4v) is 2.88. The molecule has 3 aromatic rings. The summed E-state index contributed by atoms with van der Waals surface area (Å²) < 4.78 is 14.5. The Morgan fingerprint density at radius 2 is 1.77 bits per heavy atom. The highest BCUT2D eigenvalue weighted by atomic mass is 19.1. The van der Waals surface area contributed by atoms with Gasteiger partial charge in [0.1, 0.15) is 0 Å². The first-order valence-electron chi connectivity index (χ1n) is 7.62. The molecule has 22 heavy (non-hydrogen) atoms. The van der Waals surface area contributed by atoms with E-state index in [1.165, 1.54) is 22.2 Å². The van der Waals surface area contributed by atoms with Crippen LogP contribution < -0.4 is 4.90 Å². The number of aryl methyl sites for hydroxylation is 1. The fraction of sp³-hybridized carbons (Fsp3) is 0.263. The summed E-state index contributed by atoms with van der Waals surface area (Å²) in [6.45, 7) is 0.474. The van der Waals surface area contributed by atoms with Crippen LogP contribution in [0.5, 0.6) is 0 Å². The molecule has 0 amide bonds. The lowest BCUT2D eigenvalue weighted by Crippen LogP contribution is -2.18. The number of hydrogen-bond acceptors (Lipinski definition) is 1. The lowest BCUT2D eigenvalue weighted by Gasteiger charge is -2.18. The van der Waals surface area contributed by atoms with Gasteiger partial charge in [0, 0.05) is 42.9 Å². The van der Waals surface area contributed by atoms with Crippen LogP contribution in [0.4, 0.5) is 10.1 Å². The van der Waals surface area contributed by atoms with Crippen LogP contribution in [0.2, 0.25) is 0 Å². The smallest absolute Gasteiger partial charge is 0.0911 e. The summed E-state index contributed by atoms with van der Waals surface area (Å²) in [6.07, 6.45) is 0.571. The van der Waals surface area contributed by atoms with E-state index in [0.717, 1.165) is 12.2 Å². The van der Waals surface area contributed by atoms with Gasteiger partial charge in [-0.15, -0.1) is 0 Å². The molecule has 3 heteroatoms. The average molecular weight is 296 g/mol. The average Bonchev–Trinajstić information content (AvgIpc) is 2.90. The number of nitrogens with zero attached hydrogens (tertiary/aromatic N) is 2. The van der Waals surface area contributed by atoms with E-state index < -0.39 is 0 Å². The minimum atomic E-state index is -0.266. The molecule has 0 unspecified atom stereocenters. The summed E-state index contributed by atoms with van der Waals surface area (Å²) in [5, 5.41) is 1.25. The van der Waals surface area contributed by atoms with E-state index in [1.54, 1.807) is 0 Å². The molecular formula is C19H21FN2. The Balaban J connectivity index is 1.90. The number of rotatable bonds is 5. The van der Waals surface area contributed by atoms with E-state index >= 15 is 0 Å². The molecule has 0 aliphatic carbocycles. The molecule has 3 rings (SSSR count). The van der Waals surface area contributed by atoms with Crippen LogP contribution in [-0.2, 0) is 7.05 Å². The molecule has 1 heterocycles. The number of alkyl halides is 1. The summed E-state index contributed by atoms with van der Waals surface area (Å²) in [4.78, 5) is 2.09. The standard InChI is InChI=1S/C19H21FN2/c1-21(13-5-12-20)17-10-8-15(9-11-17)19-14-16-6-3-4-7-18(16)22(19)2/h3-4,6-11,14H,5,12-13H2,1-2H3. The predicted molar refractivity (Wildman–Crippen MR) is 92.2 cm³/mol. The molecule has 0 radical (unpaired) electrons.